The number of aromatic nitrogens is 2. The summed E-state index contributed by atoms with van der Waals surface area (Å²) in [6.45, 7) is 5.38. The maximum Gasteiger partial charge on any atom is 0.408 e. The molecule has 0 bridgehead atoms. The summed E-state index contributed by atoms with van der Waals surface area (Å²) in [4.78, 5) is 23.4. The first-order valence-corrected chi connectivity index (χ1v) is 8.05. The highest BCUT2D eigenvalue weighted by atomic mass is 19.4. The smallest absolute Gasteiger partial charge is 0.408 e. The quantitative estimate of drug-likeness (QED) is 0.744. The molecule has 9 heteroatoms. The zero-order valence-electron chi connectivity index (χ0n) is 14.8. The van der Waals surface area contributed by atoms with E-state index < -0.39 is 30.1 Å². The number of carboxylic acids is 1. The Labute approximate surface area is 144 Å². The molecule has 0 aromatic carbocycles. The normalized spacial score (nSPS) is 12.3. The number of nitrogens with one attached hydrogen (secondary N) is 1. The Morgan fingerprint density at radius 3 is 2.20 bits per heavy atom. The van der Waals surface area contributed by atoms with Gasteiger partial charge in [-0.3, -0.25) is 14.3 Å². The summed E-state index contributed by atoms with van der Waals surface area (Å²) < 4.78 is 38.5. The van der Waals surface area contributed by atoms with Crippen LogP contribution in [-0.2, 0) is 22.6 Å². The minimum absolute atomic E-state index is 0.142. The number of rotatable bonds is 8. The van der Waals surface area contributed by atoms with Crippen molar-refractivity contribution in [3.63, 3.8) is 0 Å². The van der Waals surface area contributed by atoms with Crippen molar-refractivity contribution in [1.29, 1.82) is 0 Å². The Morgan fingerprint density at radius 1 is 1.20 bits per heavy atom. The number of nitrogens with zero attached hydrogens (tertiary/aromatic N) is 2. The fourth-order valence-electron chi connectivity index (χ4n) is 2.82. The Hall–Kier alpha value is -2.06. The highest BCUT2D eigenvalue weighted by molar-refractivity contribution is 5.81. The predicted molar refractivity (Wildman–Crippen MR) is 85.2 cm³/mol. The molecule has 0 unspecified atom stereocenters. The second-order valence-corrected chi connectivity index (χ2v) is 6.21. The van der Waals surface area contributed by atoms with E-state index in [1.807, 2.05) is 0 Å². The van der Waals surface area contributed by atoms with Gasteiger partial charge in [0.15, 0.2) is 0 Å². The Balaban J connectivity index is 2.95. The van der Waals surface area contributed by atoms with E-state index in [1.54, 1.807) is 20.8 Å². The minimum atomic E-state index is -4.40. The van der Waals surface area contributed by atoms with Crippen molar-refractivity contribution >= 4 is 11.9 Å². The van der Waals surface area contributed by atoms with Gasteiger partial charge in [-0.05, 0) is 26.7 Å². The van der Waals surface area contributed by atoms with E-state index in [9.17, 15) is 22.8 Å². The summed E-state index contributed by atoms with van der Waals surface area (Å²) in [7, 11) is 0. The minimum Gasteiger partial charge on any atom is -0.481 e. The van der Waals surface area contributed by atoms with Crippen LogP contribution >= 0.6 is 0 Å². The molecule has 0 spiro atoms. The number of amides is 1. The fourth-order valence-corrected chi connectivity index (χ4v) is 2.82. The number of alkyl halides is 3. The van der Waals surface area contributed by atoms with Crippen LogP contribution in [0.3, 0.4) is 0 Å². The van der Waals surface area contributed by atoms with Crippen LogP contribution < -0.4 is 5.32 Å². The Bertz CT molecular complexity index is 635. The van der Waals surface area contributed by atoms with E-state index in [2.05, 4.69) is 10.4 Å². The van der Waals surface area contributed by atoms with Crippen LogP contribution in [0.25, 0.3) is 0 Å². The van der Waals surface area contributed by atoms with Gasteiger partial charge in [0.1, 0.15) is 6.54 Å². The second-order valence-electron chi connectivity index (χ2n) is 6.21. The lowest BCUT2D eigenvalue weighted by atomic mass is 9.88. The van der Waals surface area contributed by atoms with E-state index in [0.29, 0.717) is 24.1 Å². The molecular formula is C16H24F3N3O3. The van der Waals surface area contributed by atoms with E-state index in [-0.39, 0.29) is 18.5 Å². The highest BCUT2D eigenvalue weighted by Gasteiger charge is 2.32. The predicted octanol–water partition coefficient (Wildman–Crippen LogP) is 2.75. The van der Waals surface area contributed by atoms with Crippen LogP contribution in [0.2, 0.25) is 0 Å². The third-order valence-electron chi connectivity index (χ3n) is 4.45. The van der Waals surface area contributed by atoms with Crippen molar-refractivity contribution < 1.29 is 27.9 Å². The number of aryl methyl sites for hydroxylation is 1. The summed E-state index contributed by atoms with van der Waals surface area (Å²) >= 11 is 0. The molecule has 1 heterocycles. The van der Waals surface area contributed by atoms with Gasteiger partial charge in [-0.25, -0.2) is 0 Å². The monoisotopic (exact) mass is 363 g/mol. The largest absolute Gasteiger partial charge is 0.481 e. The molecule has 0 fully saturated rings. The third kappa shape index (κ3) is 5.75. The molecule has 1 rings (SSSR count). The summed E-state index contributed by atoms with van der Waals surface area (Å²) in [6.07, 6.45) is -3.88. The molecule has 25 heavy (non-hydrogen) atoms. The SMILES string of the molecule is CCC(CC)(CC(=O)O)NC(=O)Cc1c(C)nn(CC(F)(F)F)c1C. The number of aliphatic carboxylic acids is 1. The summed E-state index contributed by atoms with van der Waals surface area (Å²) in [5, 5.41) is 15.6. The van der Waals surface area contributed by atoms with E-state index in [0.717, 1.165) is 4.68 Å². The number of carbonyl (C=O) groups excluding carboxylic acids is 1. The van der Waals surface area contributed by atoms with Crippen molar-refractivity contribution in [2.75, 3.05) is 0 Å². The number of halogens is 3. The Kier molecular flexibility index (Phi) is 6.61. The first-order valence-electron chi connectivity index (χ1n) is 8.05. The number of carbonyl (C=O) groups is 2. The molecule has 0 radical (unpaired) electrons. The molecule has 0 aliphatic rings. The van der Waals surface area contributed by atoms with Gasteiger partial charge in [-0.15, -0.1) is 0 Å². The molecular weight excluding hydrogens is 339 g/mol. The van der Waals surface area contributed by atoms with Gasteiger partial charge in [0.2, 0.25) is 5.91 Å². The third-order valence-corrected chi connectivity index (χ3v) is 4.45. The molecule has 0 atom stereocenters. The zero-order valence-corrected chi connectivity index (χ0v) is 14.8. The van der Waals surface area contributed by atoms with Crippen molar-refractivity contribution in [2.24, 2.45) is 0 Å². The van der Waals surface area contributed by atoms with E-state index in [1.165, 1.54) is 6.92 Å². The van der Waals surface area contributed by atoms with Crippen LogP contribution in [0, 0.1) is 13.8 Å². The standard InChI is InChI=1S/C16H24F3N3O3/c1-5-15(6-2,8-14(24)25)20-13(23)7-12-10(3)21-22(11(12)4)9-16(17,18)19/h5-9H2,1-4H3,(H,20,23)(H,24,25). The molecule has 0 aliphatic heterocycles. The fraction of sp³-hybridized carbons (Fsp3) is 0.688. The first-order chi connectivity index (χ1) is 11.4. The van der Waals surface area contributed by atoms with E-state index >= 15 is 0 Å². The maximum absolute atomic E-state index is 12.6. The molecule has 6 nitrogen and oxygen atoms in total. The zero-order chi connectivity index (χ0) is 19.4. The lowest BCUT2D eigenvalue weighted by Crippen LogP contribution is -2.49. The van der Waals surface area contributed by atoms with Crippen molar-refractivity contribution in [2.45, 2.75) is 71.6 Å². The van der Waals surface area contributed by atoms with Crippen LogP contribution in [-0.4, -0.2) is 38.5 Å². The number of carboxylic acid groups (broad SMARTS) is 1. The van der Waals surface area contributed by atoms with Gasteiger partial charge in [-0.2, -0.15) is 18.3 Å². The first kappa shape index (κ1) is 21.0. The van der Waals surface area contributed by atoms with Crippen LogP contribution in [0.15, 0.2) is 0 Å². The average Bonchev–Trinajstić information content (AvgIpc) is 2.71. The lowest BCUT2D eigenvalue weighted by Gasteiger charge is -2.31. The molecule has 2 N–H and O–H groups in total. The van der Waals surface area contributed by atoms with Crippen molar-refractivity contribution in [1.82, 2.24) is 15.1 Å². The molecule has 0 saturated heterocycles. The summed E-state index contributed by atoms with van der Waals surface area (Å²) in [5.41, 5.74) is 0.195. The van der Waals surface area contributed by atoms with Crippen LogP contribution in [0.5, 0.6) is 0 Å². The van der Waals surface area contributed by atoms with Crippen molar-refractivity contribution in [3.8, 4) is 0 Å². The van der Waals surface area contributed by atoms with Gasteiger partial charge in [0.05, 0.1) is 18.5 Å². The summed E-state index contributed by atoms with van der Waals surface area (Å²) in [6, 6.07) is 0. The molecule has 0 aliphatic carbocycles. The van der Waals surface area contributed by atoms with E-state index in [4.69, 9.17) is 5.11 Å². The maximum atomic E-state index is 12.6. The van der Waals surface area contributed by atoms with Crippen LogP contribution in [0.1, 0.15) is 50.1 Å². The highest BCUT2D eigenvalue weighted by Crippen LogP contribution is 2.23. The average molecular weight is 363 g/mol. The number of hydrogen-bond acceptors (Lipinski definition) is 3. The van der Waals surface area contributed by atoms with Crippen molar-refractivity contribution in [3.05, 3.63) is 17.0 Å². The van der Waals surface area contributed by atoms with Gasteiger partial charge < -0.3 is 10.4 Å². The van der Waals surface area contributed by atoms with Crippen LogP contribution in [0.4, 0.5) is 13.2 Å². The molecule has 1 aromatic rings. The van der Waals surface area contributed by atoms with Gasteiger partial charge in [0, 0.05) is 16.8 Å². The molecule has 1 amide bonds. The van der Waals surface area contributed by atoms with Gasteiger partial charge in [0.25, 0.3) is 0 Å². The molecule has 0 saturated carbocycles. The molecule has 142 valence electrons. The van der Waals surface area contributed by atoms with Gasteiger partial charge in [-0.1, -0.05) is 13.8 Å². The Morgan fingerprint density at radius 2 is 1.76 bits per heavy atom. The topological polar surface area (TPSA) is 84.2 Å². The lowest BCUT2D eigenvalue weighted by molar-refractivity contribution is -0.143. The van der Waals surface area contributed by atoms with Gasteiger partial charge >= 0.3 is 12.1 Å². The summed E-state index contributed by atoms with van der Waals surface area (Å²) in [5.74, 6) is -1.45. The second kappa shape index (κ2) is 7.88. The molecule has 1 aromatic heterocycles. The number of hydrogen-bond donors (Lipinski definition) is 2.